The van der Waals surface area contributed by atoms with Crippen molar-refractivity contribution in [2.75, 3.05) is 59.0 Å². The van der Waals surface area contributed by atoms with Gasteiger partial charge in [-0.15, -0.1) is 0 Å². The third-order valence-corrected chi connectivity index (χ3v) is 5.92. The number of benzene rings is 2. The first-order valence-corrected chi connectivity index (χ1v) is 10.9. The predicted octanol–water partition coefficient (Wildman–Crippen LogP) is 2.92. The molecular formula is C25H31N3O2. The third-order valence-electron chi connectivity index (χ3n) is 5.92. The summed E-state index contributed by atoms with van der Waals surface area (Å²) in [5, 5.41) is 0. The van der Waals surface area contributed by atoms with Crippen LogP contribution in [-0.4, -0.2) is 79.6 Å². The standard InChI is InChI=1S/C25H31N3O2/c29-25(28-18-20-30-21-19-28)24(23-11-5-2-6-12-23)27-16-14-26(15-17-27)13-7-10-22-8-3-1-4-9-22/h1-12,24H,13-21H2. The normalized spacial score (nSPS) is 19.8. The summed E-state index contributed by atoms with van der Waals surface area (Å²) in [6, 6.07) is 20.4. The van der Waals surface area contributed by atoms with Gasteiger partial charge in [-0.1, -0.05) is 72.8 Å². The molecule has 2 aromatic rings. The molecule has 0 saturated carbocycles. The molecule has 1 atom stereocenters. The van der Waals surface area contributed by atoms with E-state index in [0.717, 1.165) is 38.3 Å². The van der Waals surface area contributed by atoms with Gasteiger partial charge in [0.05, 0.1) is 13.2 Å². The number of carbonyl (C=O) groups excluding carboxylic acids is 1. The van der Waals surface area contributed by atoms with Crippen LogP contribution in [0.2, 0.25) is 0 Å². The number of ether oxygens (including phenoxy) is 1. The van der Waals surface area contributed by atoms with Crippen LogP contribution in [0.4, 0.5) is 0 Å². The van der Waals surface area contributed by atoms with Crippen LogP contribution < -0.4 is 0 Å². The van der Waals surface area contributed by atoms with E-state index in [1.54, 1.807) is 0 Å². The molecule has 158 valence electrons. The number of hydrogen-bond donors (Lipinski definition) is 0. The smallest absolute Gasteiger partial charge is 0.244 e. The Morgan fingerprint density at radius 1 is 0.867 bits per heavy atom. The highest BCUT2D eigenvalue weighted by molar-refractivity contribution is 5.83. The largest absolute Gasteiger partial charge is 0.378 e. The quantitative estimate of drug-likeness (QED) is 0.740. The second-order valence-corrected chi connectivity index (χ2v) is 7.90. The average Bonchev–Trinajstić information content (AvgIpc) is 2.82. The van der Waals surface area contributed by atoms with Crippen molar-refractivity contribution in [1.82, 2.24) is 14.7 Å². The van der Waals surface area contributed by atoms with E-state index in [1.165, 1.54) is 5.56 Å². The minimum absolute atomic E-state index is 0.202. The van der Waals surface area contributed by atoms with E-state index in [-0.39, 0.29) is 11.9 Å². The Labute approximate surface area is 179 Å². The Morgan fingerprint density at radius 2 is 1.50 bits per heavy atom. The van der Waals surface area contributed by atoms with Crippen LogP contribution in [0.15, 0.2) is 66.7 Å². The molecule has 2 fully saturated rings. The number of morpholine rings is 1. The van der Waals surface area contributed by atoms with Gasteiger partial charge >= 0.3 is 0 Å². The van der Waals surface area contributed by atoms with Gasteiger partial charge in [0.15, 0.2) is 0 Å². The van der Waals surface area contributed by atoms with Crippen LogP contribution in [0.1, 0.15) is 17.2 Å². The van der Waals surface area contributed by atoms with Gasteiger partial charge in [0.2, 0.25) is 5.91 Å². The molecule has 0 bridgehead atoms. The first kappa shape index (κ1) is 20.8. The summed E-state index contributed by atoms with van der Waals surface area (Å²) < 4.78 is 5.44. The maximum absolute atomic E-state index is 13.4. The van der Waals surface area contributed by atoms with Gasteiger partial charge in [-0.25, -0.2) is 0 Å². The zero-order valence-electron chi connectivity index (χ0n) is 17.5. The lowest BCUT2D eigenvalue weighted by molar-refractivity contribution is -0.142. The fraction of sp³-hybridized carbons (Fsp3) is 0.400. The van der Waals surface area contributed by atoms with Crippen molar-refractivity contribution in [3.8, 4) is 0 Å². The minimum atomic E-state index is -0.202. The summed E-state index contributed by atoms with van der Waals surface area (Å²) in [5.41, 5.74) is 2.32. The Morgan fingerprint density at radius 3 is 2.17 bits per heavy atom. The van der Waals surface area contributed by atoms with Gasteiger partial charge in [0, 0.05) is 45.8 Å². The zero-order chi connectivity index (χ0) is 20.6. The molecule has 0 N–H and O–H groups in total. The van der Waals surface area contributed by atoms with Gasteiger partial charge in [0.1, 0.15) is 6.04 Å². The van der Waals surface area contributed by atoms with Crippen molar-refractivity contribution in [2.24, 2.45) is 0 Å². The summed E-state index contributed by atoms with van der Waals surface area (Å²) in [5.74, 6) is 0.210. The predicted molar refractivity (Wildman–Crippen MR) is 120 cm³/mol. The molecule has 2 aliphatic rings. The SMILES string of the molecule is O=C(C(c1ccccc1)N1CCN(CC=Cc2ccccc2)CC1)N1CCOCC1. The molecule has 0 radical (unpaired) electrons. The van der Waals surface area contributed by atoms with Crippen LogP contribution in [0.5, 0.6) is 0 Å². The number of carbonyl (C=O) groups is 1. The molecule has 2 saturated heterocycles. The van der Waals surface area contributed by atoms with E-state index < -0.39 is 0 Å². The Bertz CT molecular complexity index is 811. The van der Waals surface area contributed by atoms with Crippen LogP contribution in [-0.2, 0) is 9.53 Å². The molecule has 1 unspecified atom stereocenters. The second kappa shape index (κ2) is 10.5. The van der Waals surface area contributed by atoms with Gasteiger partial charge in [0.25, 0.3) is 0 Å². The molecule has 2 aromatic carbocycles. The van der Waals surface area contributed by atoms with E-state index in [0.29, 0.717) is 26.3 Å². The average molecular weight is 406 g/mol. The summed E-state index contributed by atoms with van der Waals surface area (Å²) in [6.45, 7) is 7.32. The van der Waals surface area contributed by atoms with E-state index in [2.05, 4.69) is 58.4 Å². The van der Waals surface area contributed by atoms with Gasteiger partial charge in [-0.2, -0.15) is 0 Å². The Balaban J connectivity index is 1.38. The lowest BCUT2D eigenvalue weighted by Gasteiger charge is -2.40. The van der Waals surface area contributed by atoms with E-state index in [9.17, 15) is 4.79 Å². The number of nitrogens with zero attached hydrogens (tertiary/aromatic N) is 3. The molecule has 2 heterocycles. The summed E-state index contributed by atoms with van der Waals surface area (Å²) >= 11 is 0. The van der Waals surface area contributed by atoms with Gasteiger partial charge < -0.3 is 9.64 Å². The van der Waals surface area contributed by atoms with Crippen molar-refractivity contribution in [1.29, 1.82) is 0 Å². The first-order valence-electron chi connectivity index (χ1n) is 10.9. The Kier molecular flexibility index (Phi) is 7.29. The van der Waals surface area contributed by atoms with Crippen molar-refractivity contribution in [2.45, 2.75) is 6.04 Å². The number of amides is 1. The lowest BCUT2D eigenvalue weighted by Crippen LogP contribution is -2.53. The number of rotatable bonds is 6. The fourth-order valence-corrected chi connectivity index (χ4v) is 4.21. The Hall–Kier alpha value is -2.47. The molecular weight excluding hydrogens is 374 g/mol. The van der Waals surface area contributed by atoms with Crippen LogP contribution in [0.25, 0.3) is 6.08 Å². The molecule has 0 aromatic heterocycles. The third kappa shape index (κ3) is 5.36. The van der Waals surface area contributed by atoms with E-state index in [4.69, 9.17) is 4.74 Å². The second-order valence-electron chi connectivity index (χ2n) is 7.90. The number of hydrogen-bond acceptors (Lipinski definition) is 4. The molecule has 5 heteroatoms. The highest BCUT2D eigenvalue weighted by Crippen LogP contribution is 2.25. The molecule has 0 spiro atoms. The molecule has 30 heavy (non-hydrogen) atoms. The molecule has 5 nitrogen and oxygen atoms in total. The molecule has 2 aliphatic heterocycles. The van der Waals surface area contributed by atoms with Crippen molar-refractivity contribution < 1.29 is 9.53 Å². The lowest BCUT2D eigenvalue weighted by atomic mass is 10.0. The van der Waals surface area contributed by atoms with Crippen LogP contribution >= 0.6 is 0 Å². The first-order chi connectivity index (χ1) is 14.8. The van der Waals surface area contributed by atoms with Crippen molar-refractivity contribution in [3.05, 3.63) is 77.9 Å². The fourth-order valence-electron chi connectivity index (χ4n) is 4.21. The van der Waals surface area contributed by atoms with Gasteiger partial charge in [-0.3, -0.25) is 14.6 Å². The van der Waals surface area contributed by atoms with E-state index in [1.807, 2.05) is 29.2 Å². The molecule has 0 aliphatic carbocycles. The summed E-state index contributed by atoms with van der Waals surface area (Å²) in [7, 11) is 0. The van der Waals surface area contributed by atoms with Crippen LogP contribution in [0, 0.1) is 0 Å². The maximum atomic E-state index is 13.4. The van der Waals surface area contributed by atoms with Crippen LogP contribution in [0.3, 0.4) is 0 Å². The summed E-state index contributed by atoms with van der Waals surface area (Å²) in [6.07, 6.45) is 4.42. The topological polar surface area (TPSA) is 36.0 Å². The minimum Gasteiger partial charge on any atom is -0.378 e. The maximum Gasteiger partial charge on any atom is 0.244 e. The highest BCUT2D eigenvalue weighted by atomic mass is 16.5. The van der Waals surface area contributed by atoms with Crippen molar-refractivity contribution >= 4 is 12.0 Å². The highest BCUT2D eigenvalue weighted by Gasteiger charge is 2.33. The van der Waals surface area contributed by atoms with Gasteiger partial charge in [-0.05, 0) is 11.1 Å². The summed E-state index contributed by atoms with van der Waals surface area (Å²) in [4.78, 5) is 20.2. The van der Waals surface area contributed by atoms with E-state index >= 15 is 0 Å². The monoisotopic (exact) mass is 405 g/mol. The molecule has 1 amide bonds. The molecule has 4 rings (SSSR count). The zero-order valence-corrected chi connectivity index (χ0v) is 17.5. The number of piperazine rings is 1. The van der Waals surface area contributed by atoms with Crippen molar-refractivity contribution in [3.63, 3.8) is 0 Å².